The normalized spacial score (nSPS) is 30.1. The van der Waals surface area contributed by atoms with Crippen molar-refractivity contribution < 1.29 is 0 Å². The first-order chi connectivity index (χ1) is 62.2. The molecule has 126 heavy (non-hydrogen) atoms. The maximum Gasteiger partial charge on any atom is 0.252 e. The van der Waals surface area contributed by atoms with E-state index in [0.29, 0.717) is 0 Å². The predicted molar refractivity (Wildman–Crippen MR) is 523 cm³/mol. The quantitative estimate of drug-likeness (QED) is 0.100. The van der Waals surface area contributed by atoms with Crippen molar-refractivity contribution in [3.8, 4) is 0 Å². The molecule has 13 aromatic carbocycles. The van der Waals surface area contributed by atoms with Crippen LogP contribution in [0.1, 0.15) is 176 Å². The van der Waals surface area contributed by atoms with Crippen LogP contribution < -0.4 is 62.2 Å². The Morgan fingerprint density at radius 3 is 0.833 bits per heavy atom. The third-order valence-corrected chi connectivity index (χ3v) is 36.9. The van der Waals surface area contributed by atoms with Crippen molar-refractivity contribution in [3.63, 3.8) is 0 Å². The Labute approximate surface area is 745 Å². The number of fused-ring (bicyclic) bond motifs is 10. The minimum atomic E-state index is -0.156. The lowest BCUT2D eigenvalue weighted by atomic mass is 9.30. The molecule has 0 N–H and O–H groups in total. The lowest BCUT2D eigenvalue weighted by molar-refractivity contribution is -0.00522. The number of nitrogens with zero attached hydrogens (tertiary/aromatic N) is 6. The van der Waals surface area contributed by atoms with Crippen LogP contribution in [0.5, 0.6) is 0 Å². The molecule has 4 atom stereocenters. The van der Waals surface area contributed by atoms with Crippen LogP contribution in [-0.2, 0) is 21.7 Å². The van der Waals surface area contributed by atoms with E-state index in [9.17, 15) is 0 Å². The summed E-state index contributed by atoms with van der Waals surface area (Å²) in [5, 5.41) is 0. The Kier molecular flexibility index (Phi) is 15.7. The van der Waals surface area contributed by atoms with Gasteiger partial charge in [0.2, 0.25) is 0 Å². The third kappa shape index (κ3) is 10.7. The Hall–Kier alpha value is -11.2. The Morgan fingerprint density at radius 2 is 0.492 bits per heavy atom. The second-order valence-corrected chi connectivity index (χ2v) is 43.9. The second-order valence-electron chi connectivity index (χ2n) is 43.9. The first-order valence-corrected chi connectivity index (χ1v) is 49.3. The van der Waals surface area contributed by atoms with E-state index >= 15 is 0 Å². The summed E-state index contributed by atoms with van der Waals surface area (Å²) < 4.78 is 0. The molecule has 0 radical (unpaired) electrons. The Balaban J connectivity index is 0.704. The first kappa shape index (κ1) is 72.9. The molecule has 4 heterocycles. The molecular formula is C118H110B2N6. The van der Waals surface area contributed by atoms with E-state index < -0.39 is 0 Å². The average Bonchev–Trinajstić information content (AvgIpc) is 0.746. The highest BCUT2D eigenvalue weighted by atomic mass is 15.2. The molecule has 618 valence electrons. The molecule has 15 saturated carbocycles. The topological polar surface area (TPSA) is 19.4 Å². The molecule has 6 nitrogen and oxygen atoms in total. The van der Waals surface area contributed by atoms with Gasteiger partial charge in [-0.15, -0.1) is 0 Å². The van der Waals surface area contributed by atoms with Crippen LogP contribution in [0.2, 0.25) is 0 Å². The predicted octanol–water partition coefficient (Wildman–Crippen LogP) is 26.7. The zero-order valence-electron chi connectivity index (χ0n) is 72.6. The van der Waals surface area contributed by atoms with Gasteiger partial charge in [0, 0.05) is 91.0 Å². The molecule has 13 aromatic rings. The van der Waals surface area contributed by atoms with Gasteiger partial charge < -0.3 is 29.4 Å². The van der Waals surface area contributed by atoms with Gasteiger partial charge >= 0.3 is 0 Å². The third-order valence-electron chi connectivity index (χ3n) is 36.9. The van der Waals surface area contributed by atoms with Crippen LogP contribution in [0.3, 0.4) is 0 Å². The van der Waals surface area contributed by atoms with E-state index in [-0.39, 0.29) is 35.1 Å². The van der Waals surface area contributed by atoms with E-state index in [2.05, 4.69) is 333 Å². The highest BCUT2D eigenvalue weighted by molar-refractivity contribution is 7.03. The summed E-state index contributed by atoms with van der Waals surface area (Å²) in [5.41, 5.74) is 37.4. The molecular weight excluding hydrogens is 1520 g/mol. The largest absolute Gasteiger partial charge is 0.311 e. The van der Waals surface area contributed by atoms with Gasteiger partial charge in [0.05, 0.1) is 11.4 Å². The highest BCUT2D eigenvalue weighted by Gasteiger charge is 2.59. The number of anilines is 18. The zero-order valence-corrected chi connectivity index (χ0v) is 72.6. The van der Waals surface area contributed by atoms with Crippen molar-refractivity contribution in [2.45, 2.75) is 176 Å². The Bertz CT molecular complexity index is 6010. The summed E-state index contributed by atoms with van der Waals surface area (Å²) >= 11 is 0. The molecule has 0 aromatic heterocycles. The van der Waals surface area contributed by atoms with Gasteiger partial charge in [0.25, 0.3) is 13.4 Å². The van der Waals surface area contributed by atoms with Gasteiger partial charge in [-0.05, 0) is 417 Å². The van der Waals surface area contributed by atoms with Gasteiger partial charge in [-0.2, -0.15) is 0 Å². The SMILES string of the molecule is c1ccc(N2c3ccccc3B3c4cc5c(cc4N(c4ccccc4)c4cc(N(c6ccccc6C67CC8CC(CC(C8)C6)C7)c6ccccc6C67CC8CC(CC(C8)C6)C7)cc2c43)N(c2ccccc2)c2cc(N(c3ccccc3C34CC6CC(CC(C6)C3)C4)c3ccccc3C34CCC6CC(CC6C3)C4)cc3c2B5c2ccccc2N3c2ccccc2)cc1. The lowest BCUT2D eigenvalue weighted by Crippen LogP contribution is -2.65. The molecule has 4 unspecified atom stereocenters. The van der Waals surface area contributed by atoms with Crippen molar-refractivity contribution in [2.75, 3.05) is 29.4 Å². The number of hydrogen-bond donors (Lipinski definition) is 0. The van der Waals surface area contributed by atoms with Crippen LogP contribution in [0.4, 0.5) is 102 Å². The van der Waals surface area contributed by atoms with Crippen molar-refractivity contribution in [1.82, 2.24) is 0 Å². The van der Waals surface area contributed by atoms with E-state index in [1.165, 1.54) is 278 Å². The fourth-order valence-corrected chi connectivity index (χ4v) is 33.9. The van der Waals surface area contributed by atoms with E-state index in [0.717, 1.165) is 82.4 Å². The summed E-state index contributed by atoms with van der Waals surface area (Å²) in [6, 6.07) is 122. The van der Waals surface area contributed by atoms with E-state index in [4.69, 9.17) is 0 Å². The molecule has 32 rings (SSSR count). The molecule has 0 spiro atoms. The minimum Gasteiger partial charge on any atom is -0.311 e. The maximum atomic E-state index is 2.91. The van der Waals surface area contributed by atoms with Crippen LogP contribution in [0, 0.1) is 71.0 Å². The van der Waals surface area contributed by atoms with Crippen molar-refractivity contribution in [1.29, 1.82) is 0 Å². The molecule has 4 aliphatic heterocycles. The second kappa shape index (κ2) is 27.2. The number of benzene rings is 13. The fourth-order valence-electron chi connectivity index (χ4n) is 33.9. The van der Waals surface area contributed by atoms with Gasteiger partial charge in [-0.3, -0.25) is 0 Å². The first-order valence-electron chi connectivity index (χ1n) is 49.3. The molecule has 15 fully saturated rings. The summed E-state index contributed by atoms with van der Waals surface area (Å²) in [4.78, 5) is 16.8. The number of hydrogen-bond acceptors (Lipinski definition) is 6. The summed E-state index contributed by atoms with van der Waals surface area (Å²) in [7, 11) is 0. The van der Waals surface area contributed by atoms with Crippen LogP contribution in [0.15, 0.2) is 303 Å². The highest BCUT2D eigenvalue weighted by Crippen LogP contribution is 2.69. The zero-order chi connectivity index (χ0) is 82.0. The van der Waals surface area contributed by atoms with Crippen molar-refractivity contribution in [2.24, 2.45) is 71.0 Å². The smallest absolute Gasteiger partial charge is 0.252 e. The van der Waals surface area contributed by atoms with Crippen LogP contribution >= 0.6 is 0 Å². The molecule has 8 heteroatoms. The van der Waals surface area contributed by atoms with Crippen LogP contribution in [-0.4, -0.2) is 13.4 Å². The van der Waals surface area contributed by atoms with Gasteiger partial charge in [0.15, 0.2) is 0 Å². The molecule has 15 aliphatic carbocycles. The van der Waals surface area contributed by atoms with E-state index in [1.54, 1.807) is 22.3 Å². The summed E-state index contributed by atoms with van der Waals surface area (Å²) in [6.07, 6.45) is 32.5. The molecule has 0 saturated heterocycles. The number of para-hydroxylation sites is 10. The monoisotopic (exact) mass is 1630 g/mol. The minimum absolute atomic E-state index is 0.112. The molecule has 0 amide bonds. The average molecular weight is 1630 g/mol. The maximum absolute atomic E-state index is 2.91. The van der Waals surface area contributed by atoms with Crippen LogP contribution in [0.25, 0.3) is 0 Å². The number of rotatable bonds is 14. The van der Waals surface area contributed by atoms with Crippen molar-refractivity contribution in [3.05, 3.63) is 326 Å². The molecule has 15 bridgehead atoms. The Morgan fingerprint density at radius 1 is 0.222 bits per heavy atom. The lowest BCUT2D eigenvalue weighted by Gasteiger charge is -2.58. The summed E-state index contributed by atoms with van der Waals surface area (Å²) in [5.74, 6) is 9.66. The van der Waals surface area contributed by atoms with E-state index in [1.807, 2.05) is 0 Å². The van der Waals surface area contributed by atoms with Gasteiger partial charge in [-0.25, -0.2) is 0 Å². The fraction of sp³-hybridized carbons (Fsp3) is 0.339. The van der Waals surface area contributed by atoms with Gasteiger partial charge in [-0.1, -0.05) is 188 Å². The van der Waals surface area contributed by atoms with Crippen molar-refractivity contribution >= 4 is 149 Å². The molecule has 19 aliphatic rings. The summed E-state index contributed by atoms with van der Waals surface area (Å²) in [6.45, 7) is -0.311. The standard InChI is InChI=1S/C118H110B2N6/c1-5-25-87(26-6-1)121-105-43-23-17-37-97(105)119-99-62-100-108(63-107(99)123(89-29-9-3-10-30-89)111-60-91(58-109(121)113(111)119)125(101-39-19-13-33-93(101)115-46-45-85-56-84(64-115)57-86(85)74-115)102-40-20-14-34-94(102)116-65-75-47-76(66-116)49-77(48-75)67-116)124(90-31-11-4-12-32-90)112-61-92(59-110-114(112)120(100)98-38-18-24-44-106(98)122(110)88-27-7-2-8-28-88)126(103-41-21-15-35-95(103)117-68-78-50-79(69-117)52-80(51-78)70-117)104-42-22-16-36-96(104)118-71-81-53-82(72-118)55-83(54-81)73-118/h1-44,58-63,75-86H,45-57,64-74H2. The van der Waals surface area contributed by atoms with Gasteiger partial charge in [0.1, 0.15) is 0 Å².